The average molecular weight is 576 g/mol. The maximum Gasteiger partial charge on any atom is 0.358 e. The number of rotatable bonds is 11. The van der Waals surface area contributed by atoms with Crippen molar-refractivity contribution < 1.29 is 39.2 Å². The number of carbonyl (C=O) groups is 4. The number of carboxylic acid groups (broad SMARTS) is 3. The van der Waals surface area contributed by atoms with E-state index >= 15 is 0 Å². The van der Waals surface area contributed by atoms with Crippen molar-refractivity contribution in [2.75, 3.05) is 78.6 Å². The van der Waals surface area contributed by atoms with Crippen LogP contribution in [0.25, 0.3) is 5.82 Å². The zero-order chi connectivity index (χ0) is 29.8. The second-order valence-electron chi connectivity index (χ2n) is 9.64. The van der Waals surface area contributed by atoms with Crippen LogP contribution in [0.1, 0.15) is 23.1 Å². The van der Waals surface area contributed by atoms with Gasteiger partial charge < -0.3 is 20.1 Å². The minimum absolute atomic E-state index is 0.168. The van der Waals surface area contributed by atoms with Crippen LogP contribution in [0.15, 0.2) is 30.5 Å². The minimum atomic E-state index is -1.00. The zero-order valence-corrected chi connectivity index (χ0v) is 23.1. The van der Waals surface area contributed by atoms with Gasteiger partial charge in [0.25, 0.3) is 0 Å². The van der Waals surface area contributed by atoms with E-state index in [2.05, 4.69) is 15.0 Å². The van der Waals surface area contributed by atoms with E-state index in [0.29, 0.717) is 70.4 Å². The summed E-state index contributed by atoms with van der Waals surface area (Å²) >= 11 is 0. The van der Waals surface area contributed by atoms with Gasteiger partial charge in [0, 0.05) is 65.1 Å². The maximum absolute atomic E-state index is 12.0. The third-order valence-corrected chi connectivity index (χ3v) is 6.49. The Morgan fingerprint density at radius 2 is 1.24 bits per heavy atom. The predicted octanol–water partition coefficient (Wildman–Crippen LogP) is -0.581. The molecular weight excluding hydrogens is 538 g/mol. The third-order valence-electron chi connectivity index (χ3n) is 6.49. The Labute approximate surface area is 237 Å². The summed E-state index contributed by atoms with van der Waals surface area (Å²) in [4.78, 5) is 58.4. The lowest BCUT2D eigenvalue weighted by molar-refractivity contribution is -0.140. The molecule has 41 heavy (non-hydrogen) atoms. The van der Waals surface area contributed by atoms with Crippen molar-refractivity contribution in [2.24, 2.45) is 0 Å². The smallest absolute Gasteiger partial charge is 0.358 e. The first-order chi connectivity index (χ1) is 19.6. The normalized spacial score (nSPS) is 16.9. The van der Waals surface area contributed by atoms with Crippen LogP contribution >= 0.6 is 0 Å². The number of pyridine rings is 1. The number of hydrogen-bond donors (Lipinski definition) is 3. The molecular formula is C26H37N7O8. The van der Waals surface area contributed by atoms with Crippen molar-refractivity contribution in [3.05, 3.63) is 41.9 Å². The standard InChI is InChI=1S/C26H37N7O8/c1-2-41-26(40)21-6-7-33(28-21)22-5-3-4-20(27-22)16-29-8-10-30(17-23(34)35)12-14-32(19-25(38)39)15-13-31(11-9-29)18-24(36)37/h3-7H,2,8-19H2,1H3,(H,34,35)(H,36,37)(H,38,39). The molecule has 0 aliphatic carbocycles. The summed E-state index contributed by atoms with van der Waals surface area (Å²) in [6.45, 7) is 4.93. The van der Waals surface area contributed by atoms with Crippen LogP contribution in [0.5, 0.6) is 0 Å². The lowest BCUT2D eigenvalue weighted by Gasteiger charge is -2.33. The molecule has 0 atom stereocenters. The number of carboxylic acids is 3. The number of nitrogens with zero attached hydrogens (tertiary/aromatic N) is 7. The van der Waals surface area contributed by atoms with Gasteiger partial charge in [0.15, 0.2) is 11.5 Å². The molecule has 3 N–H and O–H groups in total. The van der Waals surface area contributed by atoms with Crippen LogP contribution in [0.3, 0.4) is 0 Å². The van der Waals surface area contributed by atoms with Gasteiger partial charge in [-0.1, -0.05) is 6.07 Å². The Morgan fingerprint density at radius 1 is 0.756 bits per heavy atom. The maximum atomic E-state index is 12.0. The molecule has 3 heterocycles. The summed E-state index contributed by atoms with van der Waals surface area (Å²) in [5.74, 6) is -2.97. The molecule has 15 heteroatoms. The number of carbonyl (C=O) groups excluding carboxylic acids is 1. The van der Waals surface area contributed by atoms with E-state index in [1.165, 1.54) is 4.68 Å². The van der Waals surface area contributed by atoms with Gasteiger partial charge in [-0.25, -0.2) is 14.5 Å². The summed E-state index contributed by atoms with van der Waals surface area (Å²) in [5.41, 5.74) is 0.881. The highest BCUT2D eigenvalue weighted by Gasteiger charge is 2.20. The number of ether oxygens (including phenoxy) is 1. The summed E-state index contributed by atoms with van der Waals surface area (Å²) in [6, 6.07) is 6.98. The van der Waals surface area contributed by atoms with Crippen molar-refractivity contribution in [1.82, 2.24) is 34.4 Å². The molecule has 0 saturated carbocycles. The average Bonchev–Trinajstić information content (AvgIpc) is 3.40. The van der Waals surface area contributed by atoms with Crippen molar-refractivity contribution >= 4 is 23.9 Å². The van der Waals surface area contributed by atoms with E-state index in [-0.39, 0.29) is 31.9 Å². The summed E-state index contributed by atoms with van der Waals surface area (Å²) in [5, 5.41) is 32.4. The number of aromatic nitrogens is 3. The van der Waals surface area contributed by atoms with Crippen LogP contribution in [0, 0.1) is 0 Å². The van der Waals surface area contributed by atoms with E-state index in [0.717, 1.165) is 0 Å². The molecule has 0 spiro atoms. The Kier molecular flexibility index (Phi) is 12.1. The fraction of sp³-hybridized carbons (Fsp3) is 0.538. The van der Waals surface area contributed by atoms with Gasteiger partial charge in [-0.3, -0.25) is 34.0 Å². The highest BCUT2D eigenvalue weighted by atomic mass is 16.5. The van der Waals surface area contributed by atoms with Crippen LogP contribution in [0.2, 0.25) is 0 Å². The van der Waals surface area contributed by atoms with Crippen molar-refractivity contribution in [1.29, 1.82) is 0 Å². The van der Waals surface area contributed by atoms with Crippen LogP contribution < -0.4 is 0 Å². The first-order valence-corrected chi connectivity index (χ1v) is 13.4. The van der Waals surface area contributed by atoms with Crippen molar-refractivity contribution in [2.45, 2.75) is 13.5 Å². The molecule has 0 aromatic carbocycles. The summed E-state index contributed by atoms with van der Waals surface area (Å²) in [7, 11) is 0. The Balaban J connectivity index is 1.77. The quantitative estimate of drug-likeness (QED) is 0.289. The molecule has 2 aromatic heterocycles. The van der Waals surface area contributed by atoms with Gasteiger partial charge in [-0.15, -0.1) is 0 Å². The SMILES string of the molecule is CCOC(=O)c1ccn(-c2cccc(CN3CCN(CC(=O)O)CCN(CC(=O)O)CCN(CC(=O)O)CC3)n2)n1. The lowest BCUT2D eigenvalue weighted by atomic mass is 10.3. The molecule has 15 nitrogen and oxygen atoms in total. The molecule has 3 rings (SSSR count). The lowest BCUT2D eigenvalue weighted by Crippen LogP contribution is -2.48. The van der Waals surface area contributed by atoms with Crippen molar-refractivity contribution in [3.63, 3.8) is 0 Å². The first-order valence-electron chi connectivity index (χ1n) is 13.4. The highest BCUT2D eigenvalue weighted by molar-refractivity contribution is 5.87. The van der Waals surface area contributed by atoms with Gasteiger partial charge in [-0.2, -0.15) is 5.10 Å². The Bertz CT molecular complexity index is 1160. The molecule has 0 radical (unpaired) electrons. The molecule has 0 unspecified atom stereocenters. The molecule has 224 valence electrons. The van der Waals surface area contributed by atoms with Gasteiger partial charge in [0.05, 0.1) is 31.9 Å². The van der Waals surface area contributed by atoms with E-state index in [1.54, 1.807) is 40.0 Å². The molecule has 1 fully saturated rings. The van der Waals surface area contributed by atoms with Crippen LogP contribution in [-0.2, 0) is 25.7 Å². The molecule has 0 amide bonds. The van der Waals surface area contributed by atoms with Gasteiger partial charge in [0.1, 0.15) is 0 Å². The minimum Gasteiger partial charge on any atom is -0.480 e. The zero-order valence-electron chi connectivity index (χ0n) is 23.1. The van der Waals surface area contributed by atoms with Gasteiger partial charge in [0.2, 0.25) is 0 Å². The monoisotopic (exact) mass is 575 g/mol. The van der Waals surface area contributed by atoms with Crippen LogP contribution in [0.4, 0.5) is 0 Å². The fourth-order valence-electron chi connectivity index (χ4n) is 4.46. The number of aliphatic carboxylic acids is 3. The first kappa shape index (κ1) is 31.6. The number of esters is 1. The van der Waals surface area contributed by atoms with E-state index in [9.17, 15) is 34.5 Å². The second-order valence-corrected chi connectivity index (χ2v) is 9.64. The fourth-order valence-corrected chi connectivity index (χ4v) is 4.46. The molecule has 1 aliphatic rings. The molecule has 1 saturated heterocycles. The number of hydrogen-bond acceptors (Lipinski definition) is 11. The van der Waals surface area contributed by atoms with E-state index in [4.69, 9.17) is 4.74 Å². The second kappa shape index (κ2) is 15.8. The van der Waals surface area contributed by atoms with Gasteiger partial charge >= 0.3 is 23.9 Å². The summed E-state index contributed by atoms with van der Waals surface area (Å²) < 4.78 is 6.48. The third kappa shape index (κ3) is 10.9. The van der Waals surface area contributed by atoms with Gasteiger partial charge in [-0.05, 0) is 25.1 Å². The van der Waals surface area contributed by atoms with E-state index in [1.807, 2.05) is 12.1 Å². The van der Waals surface area contributed by atoms with Crippen LogP contribution in [-0.4, -0.2) is 152 Å². The predicted molar refractivity (Wildman–Crippen MR) is 145 cm³/mol. The van der Waals surface area contributed by atoms with Crippen molar-refractivity contribution in [3.8, 4) is 5.82 Å². The van der Waals surface area contributed by atoms with E-state index < -0.39 is 23.9 Å². The molecule has 2 aromatic rings. The molecule has 1 aliphatic heterocycles. The summed E-state index contributed by atoms with van der Waals surface area (Å²) in [6.07, 6.45) is 1.62. The Morgan fingerprint density at radius 3 is 1.71 bits per heavy atom. The largest absolute Gasteiger partial charge is 0.480 e. The highest BCUT2D eigenvalue weighted by Crippen LogP contribution is 2.10. The topological polar surface area (TPSA) is 182 Å². The Hall–Kier alpha value is -3.92. The molecule has 0 bridgehead atoms.